The van der Waals surface area contributed by atoms with Crippen molar-refractivity contribution in [3.8, 4) is 0 Å². The molecular weight excluding hydrogens is 384 g/mol. The number of nitro benzene ring substituents is 1. The van der Waals surface area contributed by atoms with Gasteiger partial charge in [0, 0.05) is 30.8 Å². The van der Waals surface area contributed by atoms with Crippen LogP contribution in [0.25, 0.3) is 0 Å². The summed E-state index contributed by atoms with van der Waals surface area (Å²) in [5.41, 5.74) is 0.668. The zero-order chi connectivity index (χ0) is 20.1. The van der Waals surface area contributed by atoms with Crippen LogP contribution in [-0.4, -0.2) is 38.4 Å². The fourth-order valence-corrected chi connectivity index (χ4v) is 3.84. The van der Waals surface area contributed by atoms with E-state index in [1.54, 1.807) is 18.2 Å². The molecule has 0 heterocycles. The van der Waals surface area contributed by atoms with E-state index in [-0.39, 0.29) is 29.1 Å². The molecule has 0 saturated heterocycles. The lowest BCUT2D eigenvalue weighted by molar-refractivity contribution is -0.384. The first-order valence-electron chi connectivity index (χ1n) is 8.75. The first-order valence-corrected chi connectivity index (χ1v) is 10.2. The third-order valence-electron chi connectivity index (χ3n) is 4.15. The van der Waals surface area contributed by atoms with Crippen LogP contribution >= 0.6 is 0 Å². The zero-order valence-electron chi connectivity index (χ0n) is 14.9. The van der Waals surface area contributed by atoms with Crippen molar-refractivity contribution in [3.05, 3.63) is 64.2 Å². The van der Waals surface area contributed by atoms with E-state index in [2.05, 4.69) is 15.4 Å². The molecule has 1 aliphatic rings. The van der Waals surface area contributed by atoms with Gasteiger partial charge in [-0.25, -0.2) is 13.1 Å². The Morgan fingerprint density at radius 1 is 1.07 bits per heavy atom. The highest BCUT2D eigenvalue weighted by Crippen LogP contribution is 2.23. The molecule has 3 rings (SSSR count). The second-order valence-electron chi connectivity index (χ2n) is 6.38. The number of hydrogen-bond acceptors (Lipinski definition) is 6. The molecule has 1 aliphatic carbocycles. The summed E-state index contributed by atoms with van der Waals surface area (Å²) in [5, 5.41) is 16.5. The smallest absolute Gasteiger partial charge is 0.292 e. The number of nitrogens with one attached hydrogen (secondary N) is 3. The van der Waals surface area contributed by atoms with E-state index in [1.165, 1.54) is 30.3 Å². The van der Waals surface area contributed by atoms with Gasteiger partial charge < -0.3 is 10.6 Å². The number of rotatable bonds is 9. The first-order chi connectivity index (χ1) is 13.4. The van der Waals surface area contributed by atoms with Gasteiger partial charge in [-0.1, -0.05) is 12.1 Å². The number of amides is 1. The molecule has 1 fully saturated rings. The summed E-state index contributed by atoms with van der Waals surface area (Å²) in [4.78, 5) is 22.8. The summed E-state index contributed by atoms with van der Waals surface area (Å²) in [7, 11) is -3.55. The Kier molecular flexibility index (Phi) is 5.90. The monoisotopic (exact) mass is 404 g/mol. The second kappa shape index (κ2) is 8.36. The molecule has 148 valence electrons. The van der Waals surface area contributed by atoms with Crippen LogP contribution in [0.3, 0.4) is 0 Å². The van der Waals surface area contributed by atoms with Crippen LogP contribution < -0.4 is 15.4 Å². The lowest BCUT2D eigenvalue weighted by Gasteiger charge is -2.09. The van der Waals surface area contributed by atoms with Crippen molar-refractivity contribution < 1.29 is 18.1 Å². The molecule has 0 radical (unpaired) electrons. The van der Waals surface area contributed by atoms with Crippen LogP contribution in [0.2, 0.25) is 0 Å². The molecular formula is C18H20N4O5S. The van der Waals surface area contributed by atoms with Gasteiger partial charge in [0.2, 0.25) is 10.0 Å². The molecule has 0 unspecified atom stereocenters. The largest absolute Gasteiger partial charge is 0.378 e. The van der Waals surface area contributed by atoms with Crippen molar-refractivity contribution in [2.75, 3.05) is 18.4 Å². The third-order valence-corrected chi connectivity index (χ3v) is 5.69. The summed E-state index contributed by atoms with van der Waals surface area (Å²) in [5.74, 6) is -0.358. The lowest BCUT2D eigenvalue weighted by atomic mass is 10.2. The molecule has 0 atom stereocenters. The van der Waals surface area contributed by atoms with Crippen LogP contribution in [-0.2, 0) is 10.0 Å². The first kappa shape index (κ1) is 19.8. The quantitative estimate of drug-likeness (QED) is 0.332. The lowest BCUT2D eigenvalue weighted by Crippen LogP contribution is -2.29. The van der Waals surface area contributed by atoms with Crippen LogP contribution in [0, 0.1) is 10.1 Å². The zero-order valence-corrected chi connectivity index (χ0v) is 15.7. The Bertz CT molecular complexity index is 972. The highest BCUT2D eigenvalue weighted by molar-refractivity contribution is 7.89. The number of carbonyl (C=O) groups excluding carboxylic acids is 1. The molecule has 1 saturated carbocycles. The molecule has 3 N–H and O–H groups in total. The summed E-state index contributed by atoms with van der Waals surface area (Å²) >= 11 is 0. The van der Waals surface area contributed by atoms with E-state index in [1.807, 2.05) is 0 Å². The minimum Gasteiger partial charge on any atom is -0.378 e. The van der Waals surface area contributed by atoms with Gasteiger partial charge in [0.05, 0.1) is 9.82 Å². The van der Waals surface area contributed by atoms with E-state index in [9.17, 15) is 23.3 Å². The minimum atomic E-state index is -3.55. The number of sulfonamides is 1. The summed E-state index contributed by atoms with van der Waals surface area (Å²) in [6.45, 7) is 0.544. The number of para-hydroxylation sites is 2. The Labute approximate surface area is 162 Å². The highest BCUT2D eigenvalue weighted by atomic mass is 32.2. The highest BCUT2D eigenvalue weighted by Gasteiger charge is 2.27. The molecule has 10 heteroatoms. The summed E-state index contributed by atoms with van der Waals surface area (Å²) in [6, 6.07) is 12.0. The molecule has 28 heavy (non-hydrogen) atoms. The predicted molar refractivity (Wildman–Crippen MR) is 104 cm³/mol. The molecule has 0 aromatic heterocycles. The predicted octanol–water partition coefficient (Wildman–Crippen LogP) is 1.88. The Balaban J connectivity index is 1.50. The summed E-state index contributed by atoms with van der Waals surface area (Å²) < 4.78 is 26.8. The van der Waals surface area contributed by atoms with Gasteiger partial charge >= 0.3 is 0 Å². The minimum absolute atomic E-state index is 0.0147. The Morgan fingerprint density at radius 3 is 2.39 bits per heavy atom. The maximum Gasteiger partial charge on any atom is 0.292 e. The van der Waals surface area contributed by atoms with E-state index in [0.29, 0.717) is 17.8 Å². The van der Waals surface area contributed by atoms with Crippen molar-refractivity contribution >= 4 is 27.3 Å². The number of benzene rings is 2. The fourth-order valence-electron chi connectivity index (χ4n) is 2.53. The van der Waals surface area contributed by atoms with Gasteiger partial charge in [0.15, 0.2) is 0 Å². The standard InChI is InChI=1S/C18H20N4O5S/c23-18(20-12-11-19-16-3-1-2-4-17(16)22(24)25)13-5-9-15(10-6-13)28(26,27)21-14-7-8-14/h1-6,9-10,14,19,21H,7-8,11-12H2,(H,20,23). The van der Waals surface area contributed by atoms with Crippen LogP contribution in [0.15, 0.2) is 53.4 Å². The van der Waals surface area contributed by atoms with Gasteiger partial charge in [0.1, 0.15) is 5.69 Å². The number of hydrogen-bond donors (Lipinski definition) is 3. The van der Waals surface area contributed by atoms with E-state index < -0.39 is 14.9 Å². The van der Waals surface area contributed by atoms with Gasteiger partial charge in [-0.05, 0) is 43.2 Å². The Hall–Kier alpha value is -2.98. The van der Waals surface area contributed by atoms with E-state index >= 15 is 0 Å². The summed E-state index contributed by atoms with van der Waals surface area (Å²) in [6.07, 6.45) is 1.69. The SMILES string of the molecule is O=C(NCCNc1ccccc1[N+](=O)[O-])c1ccc(S(=O)(=O)NC2CC2)cc1. The van der Waals surface area contributed by atoms with Crippen molar-refractivity contribution in [3.63, 3.8) is 0 Å². The molecule has 2 aromatic rings. The van der Waals surface area contributed by atoms with E-state index in [0.717, 1.165) is 12.8 Å². The average molecular weight is 404 g/mol. The van der Waals surface area contributed by atoms with Gasteiger partial charge in [0.25, 0.3) is 11.6 Å². The van der Waals surface area contributed by atoms with Gasteiger partial charge in [-0.3, -0.25) is 14.9 Å². The topological polar surface area (TPSA) is 130 Å². The number of anilines is 1. The van der Waals surface area contributed by atoms with Crippen molar-refractivity contribution in [1.82, 2.24) is 10.0 Å². The average Bonchev–Trinajstić information content (AvgIpc) is 3.48. The number of nitro groups is 1. The Morgan fingerprint density at radius 2 is 1.75 bits per heavy atom. The molecule has 2 aromatic carbocycles. The molecule has 0 aliphatic heterocycles. The van der Waals surface area contributed by atoms with Crippen molar-refractivity contribution in [2.24, 2.45) is 0 Å². The third kappa shape index (κ3) is 5.05. The maximum atomic E-state index is 12.2. The fraction of sp³-hybridized carbons (Fsp3) is 0.278. The van der Waals surface area contributed by atoms with Crippen molar-refractivity contribution in [1.29, 1.82) is 0 Å². The second-order valence-corrected chi connectivity index (χ2v) is 8.09. The van der Waals surface area contributed by atoms with Crippen LogP contribution in [0.4, 0.5) is 11.4 Å². The molecule has 1 amide bonds. The molecule has 0 bridgehead atoms. The number of nitrogens with zero attached hydrogens (tertiary/aromatic N) is 1. The van der Waals surface area contributed by atoms with Crippen LogP contribution in [0.5, 0.6) is 0 Å². The number of carbonyl (C=O) groups is 1. The van der Waals surface area contributed by atoms with Gasteiger partial charge in [-0.2, -0.15) is 0 Å². The normalized spacial score (nSPS) is 13.7. The molecule has 9 nitrogen and oxygen atoms in total. The van der Waals surface area contributed by atoms with Gasteiger partial charge in [-0.15, -0.1) is 0 Å². The van der Waals surface area contributed by atoms with Crippen LogP contribution in [0.1, 0.15) is 23.2 Å². The maximum absolute atomic E-state index is 12.2. The molecule has 0 spiro atoms. The van der Waals surface area contributed by atoms with E-state index in [4.69, 9.17) is 0 Å². The van der Waals surface area contributed by atoms with Crippen molar-refractivity contribution in [2.45, 2.75) is 23.8 Å².